The second-order valence-electron chi connectivity index (χ2n) is 9.81. The number of carbonyl (C=O) groups excluding carboxylic acids is 2. The van der Waals surface area contributed by atoms with Crippen LogP contribution < -0.4 is 9.62 Å². The van der Waals surface area contributed by atoms with Crippen molar-refractivity contribution in [2.45, 2.75) is 57.5 Å². The average molecular weight is 605 g/mol. The van der Waals surface area contributed by atoms with Crippen molar-refractivity contribution in [2.24, 2.45) is 0 Å². The fourth-order valence-corrected chi connectivity index (χ4v) is 6.19. The van der Waals surface area contributed by atoms with Gasteiger partial charge in [0.15, 0.2) is 0 Å². The Hall–Kier alpha value is -3.07. The summed E-state index contributed by atoms with van der Waals surface area (Å²) in [5.74, 6) is -0.832. The Labute approximate surface area is 247 Å². The summed E-state index contributed by atoms with van der Waals surface area (Å²) in [5, 5.41) is 3.05. The number of halogens is 2. The molecule has 1 atom stereocenters. The van der Waals surface area contributed by atoms with Crippen LogP contribution in [-0.2, 0) is 26.0 Å². The molecule has 0 heterocycles. The standard InChI is InChI=1S/C30H35Cl2N3O4S/c1-5-26(30(37)33-21(2)3)34(19-18-23-10-7-6-8-11-23)28(36)20-35(27-13-9-12-25(31)29(27)32)40(38,39)24-16-14-22(4)15-17-24/h6-17,21,26H,5,18-20H2,1-4H3,(H,33,37)/t26-/m0/s1. The zero-order valence-corrected chi connectivity index (χ0v) is 25.4. The molecule has 0 bridgehead atoms. The van der Waals surface area contributed by atoms with E-state index in [1.165, 1.54) is 23.1 Å². The maximum atomic E-state index is 14.0. The van der Waals surface area contributed by atoms with Gasteiger partial charge in [0.2, 0.25) is 11.8 Å². The quantitative estimate of drug-likeness (QED) is 0.280. The molecule has 3 rings (SSSR count). The average Bonchev–Trinajstić information content (AvgIpc) is 2.91. The first kappa shape index (κ1) is 31.5. The maximum absolute atomic E-state index is 14.0. The second-order valence-corrected chi connectivity index (χ2v) is 12.5. The summed E-state index contributed by atoms with van der Waals surface area (Å²) in [6.07, 6.45) is 0.836. The van der Waals surface area contributed by atoms with Crippen molar-refractivity contribution in [1.29, 1.82) is 0 Å². The SMILES string of the molecule is CC[C@@H](C(=O)NC(C)C)N(CCc1ccccc1)C(=O)CN(c1cccc(Cl)c1Cl)S(=O)(=O)c1ccc(C)cc1. The molecular formula is C30H35Cl2N3O4S. The number of sulfonamides is 1. The van der Waals surface area contributed by atoms with E-state index in [0.717, 1.165) is 15.4 Å². The van der Waals surface area contributed by atoms with Crippen molar-refractivity contribution in [2.75, 3.05) is 17.4 Å². The van der Waals surface area contributed by atoms with E-state index in [9.17, 15) is 18.0 Å². The number of benzene rings is 3. The summed E-state index contributed by atoms with van der Waals surface area (Å²) in [6, 6.07) is 19.6. The van der Waals surface area contributed by atoms with Crippen molar-refractivity contribution < 1.29 is 18.0 Å². The highest BCUT2D eigenvalue weighted by Gasteiger charge is 2.34. The van der Waals surface area contributed by atoms with E-state index in [0.29, 0.717) is 12.8 Å². The highest BCUT2D eigenvalue weighted by Crippen LogP contribution is 2.35. The molecule has 0 radical (unpaired) electrons. The molecule has 0 aliphatic rings. The summed E-state index contributed by atoms with van der Waals surface area (Å²) < 4.78 is 28.8. The third kappa shape index (κ3) is 7.77. The van der Waals surface area contributed by atoms with Gasteiger partial charge in [-0.2, -0.15) is 0 Å². The number of hydrogen-bond acceptors (Lipinski definition) is 4. The summed E-state index contributed by atoms with van der Waals surface area (Å²) in [7, 11) is -4.24. The minimum absolute atomic E-state index is 0.00219. The summed E-state index contributed by atoms with van der Waals surface area (Å²) in [4.78, 5) is 28.7. The fourth-order valence-electron chi connectivity index (χ4n) is 4.31. The molecule has 2 amide bonds. The van der Waals surface area contributed by atoms with Gasteiger partial charge in [0.25, 0.3) is 10.0 Å². The monoisotopic (exact) mass is 603 g/mol. The van der Waals surface area contributed by atoms with Crippen LogP contribution in [0.15, 0.2) is 77.7 Å². The molecule has 0 aliphatic heterocycles. The molecule has 3 aromatic rings. The molecule has 0 saturated carbocycles. The Morgan fingerprint density at radius 3 is 2.17 bits per heavy atom. The van der Waals surface area contributed by atoms with Gasteiger partial charge < -0.3 is 10.2 Å². The minimum Gasteiger partial charge on any atom is -0.352 e. The van der Waals surface area contributed by atoms with Gasteiger partial charge in [-0.05, 0) is 63.4 Å². The molecule has 1 N–H and O–H groups in total. The van der Waals surface area contributed by atoms with E-state index in [1.807, 2.05) is 58.0 Å². The summed E-state index contributed by atoms with van der Waals surface area (Å²) in [5.41, 5.74) is 1.95. The molecule has 0 fully saturated rings. The van der Waals surface area contributed by atoms with Crippen LogP contribution in [-0.4, -0.2) is 50.3 Å². The predicted octanol–water partition coefficient (Wildman–Crippen LogP) is 5.87. The van der Waals surface area contributed by atoms with E-state index in [4.69, 9.17) is 23.2 Å². The van der Waals surface area contributed by atoms with Gasteiger partial charge in [0, 0.05) is 12.6 Å². The van der Waals surface area contributed by atoms with Gasteiger partial charge in [-0.1, -0.05) is 84.2 Å². The van der Waals surface area contributed by atoms with Crippen LogP contribution in [0.4, 0.5) is 5.69 Å². The molecule has 3 aromatic carbocycles. The number of amides is 2. The largest absolute Gasteiger partial charge is 0.352 e. The van der Waals surface area contributed by atoms with Crippen LogP contribution in [0.5, 0.6) is 0 Å². The first-order valence-corrected chi connectivity index (χ1v) is 15.3. The highest BCUT2D eigenvalue weighted by molar-refractivity contribution is 7.92. The van der Waals surface area contributed by atoms with Crippen molar-refractivity contribution in [1.82, 2.24) is 10.2 Å². The first-order chi connectivity index (χ1) is 18.9. The molecule has 7 nitrogen and oxygen atoms in total. The van der Waals surface area contributed by atoms with E-state index < -0.39 is 28.5 Å². The van der Waals surface area contributed by atoms with Gasteiger partial charge in [-0.25, -0.2) is 8.42 Å². The summed E-state index contributed by atoms with van der Waals surface area (Å²) in [6.45, 7) is 7.01. The van der Waals surface area contributed by atoms with E-state index >= 15 is 0 Å². The zero-order chi connectivity index (χ0) is 29.4. The summed E-state index contributed by atoms with van der Waals surface area (Å²) >= 11 is 12.7. The molecular weight excluding hydrogens is 569 g/mol. The fraction of sp³-hybridized carbons (Fsp3) is 0.333. The Kier molecular flexibility index (Phi) is 11.0. The van der Waals surface area contributed by atoms with Crippen molar-refractivity contribution in [3.63, 3.8) is 0 Å². The van der Waals surface area contributed by atoms with Gasteiger partial charge in [0.05, 0.1) is 20.6 Å². The lowest BCUT2D eigenvalue weighted by atomic mass is 10.1. The van der Waals surface area contributed by atoms with Crippen LogP contribution in [0.25, 0.3) is 0 Å². The van der Waals surface area contributed by atoms with Crippen LogP contribution >= 0.6 is 23.2 Å². The lowest BCUT2D eigenvalue weighted by Crippen LogP contribution is -2.54. The highest BCUT2D eigenvalue weighted by atomic mass is 35.5. The molecule has 0 spiro atoms. The van der Waals surface area contributed by atoms with Crippen molar-refractivity contribution >= 4 is 50.7 Å². The minimum atomic E-state index is -4.24. The number of rotatable bonds is 12. The van der Waals surface area contributed by atoms with Gasteiger partial charge in [0.1, 0.15) is 12.6 Å². The molecule has 10 heteroatoms. The third-order valence-electron chi connectivity index (χ3n) is 6.39. The number of anilines is 1. The van der Waals surface area contributed by atoms with Crippen LogP contribution in [0.1, 0.15) is 38.3 Å². The smallest absolute Gasteiger partial charge is 0.264 e. The molecule has 0 aromatic heterocycles. The zero-order valence-electron chi connectivity index (χ0n) is 23.1. The van der Waals surface area contributed by atoms with Gasteiger partial charge in [-0.3, -0.25) is 13.9 Å². The van der Waals surface area contributed by atoms with Crippen LogP contribution in [0.3, 0.4) is 0 Å². The second kappa shape index (κ2) is 14.0. The maximum Gasteiger partial charge on any atom is 0.264 e. The lowest BCUT2D eigenvalue weighted by Gasteiger charge is -2.33. The van der Waals surface area contributed by atoms with E-state index in [-0.39, 0.29) is 39.1 Å². The molecule has 214 valence electrons. The molecule has 0 saturated heterocycles. The number of nitrogens with zero attached hydrogens (tertiary/aromatic N) is 2. The topological polar surface area (TPSA) is 86.8 Å². The number of aryl methyl sites for hydroxylation is 1. The predicted molar refractivity (Wildman–Crippen MR) is 161 cm³/mol. The van der Waals surface area contributed by atoms with Crippen LogP contribution in [0.2, 0.25) is 10.0 Å². The number of nitrogens with one attached hydrogen (secondary N) is 1. The molecule has 0 aliphatic carbocycles. The normalized spacial score (nSPS) is 12.2. The van der Waals surface area contributed by atoms with E-state index in [1.54, 1.807) is 24.3 Å². The molecule has 0 unspecified atom stereocenters. The molecule has 40 heavy (non-hydrogen) atoms. The van der Waals surface area contributed by atoms with Gasteiger partial charge in [-0.15, -0.1) is 0 Å². The van der Waals surface area contributed by atoms with E-state index in [2.05, 4.69) is 5.32 Å². The van der Waals surface area contributed by atoms with Crippen LogP contribution in [0, 0.1) is 6.92 Å². The Balaban J connectivity index is 2.05. The number of carbonyl (C=O) groups is 2. The Morgan fingerprint density at radius 2 is 1.57 bits per heavy atom. The third-order valence-corrected chi connectivity index (χ3v) is 8.97. The lowest BCUT2D eigenvalue weighted by molar-refractivity contribution is -0.139. The Morgan fingerprint density at radius 1 is 0.925 bits per heavy atom. The van der Waals surface area contributed by atoms with Gasteiger partial charge >= 0.3 is 0 Å². The van der Waals surface area contributed by atoms with Crippen molar-refractivity contribution in [3.05, 3.63) is 94.0 Å². The first-order valence-electron chi connectivity index (χ1n) is 13.1. The number of hydrogen-bond donors (Lipinski definition) is 1. The Bertz CT molecular complexity index is 1410. The van der Waals surface area contributed by atoms with Crippen molar-refractivity contribution in [3.8, 4) is 0 Å².